The van der Waals surface area contributed by atoms with E-state index in [1.54, 1.807) is 18.2 Å². The van der Waals surface area contributed by atoms with Crippen LogP contribution in [0.4, 0.5) is 13.2 Å². The maximum Gasteiger partial charge on any atom is 0.416 e. The number of likely N-dealkylation sites (N-methyl/N-ethyl adjacent to an activating group) is 1. The molecule has 0 aromatic heterocycles. The Morgan fingerprint density at radius 3 is 2.13 bits per heavy atom. The van der Waals surface area contributed by atoms with E-state index >= 15 is 0 Å². The van der Waals surface area contributed by atoms with Crippen molar-refractivity contribution in [1.29, 1.82) is 0 Å². The smallest absolute Gasteiger partial charge is 0.416 e. The van der Waals surface area contributed by atoms with E-state index in [1.165, 1.54) is 12.1 Å². The summed E-state index contributed by atoms with van der Waals surface area (Å²) < 4.78 is 37.8. The molecule has 2 aromatic carbocycles. The molecule has 0 aliphatic rings. The third kappa shape index (κ3) is 5.15. The van der Waals surface area contributed by atoms with E-state index in [1.807, 2.05) is 25.1 Å². The molecule has 0 spiro atoms. The van der Waals surface area contributed by atoms with Crippen molar-refractivity contribution in [3.05, 3.63) is 65.2 Å². The SMILES string of the molecule is CN(C)C(Cc1ccc(C(F)(F)F)cc1)c1cccc(O)c1.Cl. The third-order valence-corrected chi connectivity index (χ3v) is 3.59. The lowest BCUT2D eigenvalue weighted by Gasteiger charge is -2.25. The van der Waals surface area contributed by atoms with Crippen LogP contribution in [-0.4, -0.2) is 24.1 Å². The second-order valence-corrected chi connectivity index (χ2v) is 5.47. The Bertz CT molecular complexity index is 626. The van der Waals surface area contributed by atoms with E-state index in [9.17, 15) is 18.3 Å². The summed E-state index contributed by atoms with van der Waals surface area (Å²) in [7, 11) is 3.80. The van der Waals surface area contributed by atoms with Gasteiger partial charge in [0.25, 0.3) is 0 Å². The topological polar surface area (TPSA) is 23.5 Å². The van der Waals surface area contributed by atoms with E-state index in [0.717, 1.165) is 23.3 Å². The largest absolute Gasteiger partial charge is 0.508 e. The van der Waals surface area contributed by atoms with Crippen LogP contribution in [0.15, 0.2) is 48.5 Å². The average molecular weight is 346 g/mol. The van der Waals surface area contributed by atoms with Gasteiger partial charge in [-0.05, 0) is 55.9 Å². The van der Waals surface area contributed by atoms with Gasteiger partial charge in [-0.1, -0.05) is 24.3 Å². The molecule has 0 aliphatic heterocycles. The normalized spacial score (nSPS) is 12.8. The minimum atomic E-state index is -4.31. The van der Waals surface area contributed by atoms with E-state index in [4.69, 9.17) is 0 Å². The van der Waals surface area contributed by atoms with E-state index in [-0.39, 0.29) is 24.2 Å². The van der Waals surface area contributed by atoms with Crippen LogP contribution in [0.25, 0.3) is 0 Å². The Morgan fingerprint density at radius 1 is 1.04 bits per heavy atom. The number of aromatic hydroxyl groups is 1. The zero-order chi connectivity index (χ0) is 16.3. The van der Waals surface area contributed by atoms with Crippen LogP contribution in [0.2, 0.25) is 0 Å². The molecule has 0 amide bonds. The predicted octanol–water partition coefficient (Wildman–Crippen LogP) is 4.68. The molecule has 1 atom stereocenters. The summed E-state index contributed by atoms with van der Waals surface area (Å²) in [5, 5.41) is 9.59. The highest BCUT2D eigenvalue weighted by atomic mass is 35.5. The summed E-state index contributed by atoms with van der Waals surface area (Å²) in [4.78, 5) is 1.98. The van der Waals surface area contributed by atoms with Crippen molar-refractivity contribution in [2.45, 2.75) is 18.6 Å². The average Bonchev–Trinajstić information content (AvgIpc) is 2.44. The van der Waals surface area contributed by atoms with E-state index < -0.39 is 11.7 Å². The number of hydrogen-bond acceptors (Lipinski definition) is 2. The Labute approximate surface area is 140 Å². The molecule has 23 heavy (non-hydrogen) atoms. The van der Waals surface area contributed by atoms with Gasteiger partial charge in [0.2, 0.25) is 0 Å². The Morgan fingerprint density at radius 2 is 1.65 bits per heavy atom. The lowest BCUT2D eigenvalue weighted by atomic mass is 9.97. The number of rotatable bonds is 4. The molecule has 0 bridgehead atoms. The van der Waals surface area contributed by atoms with Gasteiger partial charge in [-0.25, -0.2) is 0 Å². The van der Waals surface area contributed by atoms with Crippen molar-refractivity contribution in [3.63, 3.8) is 0 Å². The van der Waals surface area contributed by atoms with Crippen molar-refractivity contribution in [1.82, 2.24) is 4.90 Å². The highest BCUT2D eigenvalue weighted by Crippen LogP contribution is 2.30. The molecule has 0 saturated carbocycles. The molecule has 0 heterocycles. The zero-order valence-electron chi connectivity index (χ0n) is 12.8. The second kappa shape index (κ2) is 7.70. The van der Waals surface area contributed by atoms with E-state index in [0.29, 0.717) is 6.42 Å². The summed E-state index contributed by atoms with van der Waals surface area (Å²) in [6.45, 7) is 0. The maximum atomic E-state index is 12.6. The van der Waals surface area contributed by atoms with Crippen LogP contribution in [0.3, 0.4) is 0 Å². The molecule has 1 N–H and O–H groups in total. The molecule has 2 rings (SSSR count). The van der Waals surface area contributed by atoms with Gasteiger partial charge in [-0.2, -0.15) is 13.2 Å². The van der Waals surface area contributed by atoms with Crippen molar-refractivity contribution in [3.8, 4) is 5.75 Å². The molecule has 0 saturated heterocycles. The predicted molar refractivity (Wildman–Crippen MR) is 86.9 cm³/mol. The van der Waals surface area contributed by atoms with Gasteiger partial charge in [-0.15, -0.1) is 12.4 Å². The molecular formula is C17H19ClF3NO. The summed E-state index contributed by atoms with van der Waals surface area (Å²) in [6, 6.07) is 12.1. The number of nitrogens with zero attached hydrogens (tertiary/aromatic N) is 1. The van der Waals surface area contributed by atoms with Crippen LogP contribution in [0.1, 0.15) is 22.7 Å². The van der Waals surface area contributed by atoms with Gasteiger partial charge in [0.1, 0.15) is 5.75 Å². The summed E-state index contributed by atoms with van der Waals surface area (Å²) in [5.74, 6) is 0.178. The molecule has 0 fully saturated rings. The summed E-state index contributed by atoms with van der Waals surface area (Å²) in [6.07, 6.45) is -3.75. The minimum absolute atomic E-state index is 0. The van der Waals surface area contributed by atoms with Crippen molar-refractivity contribution in [2.24, 2.45) is 0 Å². The van der Waals surface area contributed by atoms with E-state index in [2.05, 4.69) is 0 Å². The lowest BCUT2D eigenvalue weighted by molar-refractivity contribution is -0.137. The molecule has 2 nitrogen and oxygen atoms in total. The first-order valence-electron chi connectivity index (χ1n) is 6.89. The van der Waals surface area contributed by atoms with Crippen LogP contribution < -0.4 is 0 Å². The lowest BCUT2D eigenvalue weighted by Crippen LogP contribution is -2.22. The van der Waals surface area contributed by atoms with Crippen LogP contribution in [0.5, 0.6) is 5.75 Å². The molecule has 1 unspecified atom stereocenters. The highest BCUT2D eigenvalue weighted by molar-refractivity contribution is 5.85. The van der Waals surface area contributed by atoms with Gasteiger partial charge in [0, 0.05) is 6.04 Å². The number of halogens is 4. The molecule has 6 heteroatoms. The Balaban J connectivity index is 0.00000264. The molecule has 0 radical (unpaired) electrons. The number of hydrogen-bond donors (Lipinski definition) is 1. The monoisotopic (exact) mass is 345 g/mol. The third-order valence-electron chi connectivity index (χ3n) is 3.59. The fourth-order valence-electron chi connectivity index (χ4n) is 2.38. The van der Waals surface area contributed by atoms with Crippen molar-refractivity contribution >= 4 is 12.4 Å². The first kappa shape index (κ1) is 19.3. The summed E-state index contributed by atoms with van der Waals surface area (Å²) >= 11 is 0. The van der Waals surface area contributed by atoms with Gasteiger partial charge in [0.05, 0.1) is 5.56 Å². The fourth-order valence-corrected chi connectivity index (χ4v) is 2.38. The van der Waals surface area contributed by atoms with Crippen LogP contribution in [0, 0.1) is 0 Å². The molecule has 126 valence electrons. The molecule has 0 aliphatic carbocycles. The maximum absolute atomic E-state index is 12.6. The van der Waals surface area contributed by atoms with Gasteiger partial charge >= 0.3 is 6.18 Å². The quantitative estimate of drug-likeness (QED) is 0.869. The van der Waals surface area contributed by atoms with Gasteiger partial charge in [0.15, 0.2) is 0 Å². The zero-order valence-corrected chi connectivity index (χ0v) is 13.7. The molecule has 2 aromatic rings. The Kier molecular flexibility index (Phi) is 6.47. The van der Waals surface area contributed by atoms with Crippen LogP contribution >= 0.6 is 12.4 Å². The second-order valence-electron chi connectivity index (χ2n) is 5.47. The van der Waals surface area contributed by atoms with Crippen LogP contribution in [-0.2, 0) is 12.6 Å². The standard InChI is InChI=1S/C17H18F3NO.ClH/c1-21(2)16(13-4-3-5-15(22)11-13)10-12-6-8-14(9-7-12)17(18,19)20;/h3-9,11,16,22H,10H2,1-2H3;1H. The van der Waals surface area contributed by atoms with Gasteiger partial charge < -0.3 is 10.0 Å². The Hall–Kier alpha value is -1.72. The number of phenolic OH excluding ortho intramolecular Hbond substituents is 1. The van der Waals surface area contributed by atoms with Crippen molar-refractivity contribution < 1.29 is 18.3 Å². The molecular weight excluding hydrogens is 327 g/mol. The minimum Gasteiger partial charge on any atom is -0.508 e. The summed E-state index contributed by atoms with van der Waals surface area (Å²) in [5.41, 5.74) is 1.09. The number of phenols is 1. The highest BCUT2D eigenvalue weighted by Gasteiger charge is 2.30. The number of alkyl halides is 3. The first-order chi connectivity index (χ1) is 10.3. The first-order valence-corrected chi connectivity index (χ1v) is 6.89. The van der Waals surface area contributed by atoms with Gasteiger partial charge in [-0.3, -0.25) is 0 Å². The van der Waals surface area contributed by atoms with Crippen molar-refractivity contribution in [2.75, 3.05) is 14.1 Å². The fraction of sp³-hybridized carbons (Fsp3) is 0.294. The number of benzene rings is 2.